The van der Waals surface area contributed by atoms with E-state index in [4.69, 9.17) is 5.41 Å². The van der Waals surface area contributed by atoms with Crippen LogP contribution in [0, 0.1) is 5.41 Å². The van der Waals surface area contributed by atoms with Crippen LogP contribution in [0.3, 0.4) is 0 Å². The Labute approximate surface area is 116 Å². The maximum atomic E-state index is 7.28. The summed E-state index contributed by atoms with van der Waals surface area (Å²) < 4.78 is 1.65. The highest BCUT2D eigenvalue weighted by Gasteiger charge is 2.01. The molecule has 0 aliphatic rings. The van der Waals surface area contributed by atoms with Crippen LogP contribution < -0.4 is 10.6 Å². The van der Waals surface area contributed by atoms with Crippen LogP contribution in [0.1, 0.15) is 6.42 Å². The van der Waals surface area contributed by atoms with Crippen molar-refractivity contribution < 1.29 is 0 Å². The standard InChI is InChI=1S/C7H15N7S.HI/c1-9-6(8)10-4-3-5-15-7-11-12-13-14(7)2;/h3-5H2,1-2H3,(H3,8,9,10);1H. The van der Waals surface area contributed by atoms with Crippen LogP contribution >= 0.6 is 35.7 Å². The Bertz CT molecular complexity index is 315. The molecule has 0 bridgehead atoms. The molecule has 0 aromatic carbocycles. The van der Waals surface area contributed by atoms with E-state index in [9.17, 15) is 0 Å². The zero-order valence-corrected chi connectivity index (χ0v) is 12.4. The largest absolute Gasteiger partial charge is 0.360 e. The van der Waals surface area contributed by atoms with Gasteiger partial charge in [0.2, 0.25) is 5.16 Å². The van der Waals surface area contributed by atoms with Crippen LogP contribution in [0.25, 0.3) is 0 Å². The molecule has 1 rings (SSSR count). The smallest absolute Gasteiger partial charge is 0.209 e. The highest BCUT2D eigenvalue weighted by molar-refractivity contribution is 14.0. The molecule has 7 nitrogen and oxygen atoms in total. The highest BCUT2D eigenvalue weighted by atomic mass is 127. The summed E-state index contributed by atoms with van der Waals surface area (Å²) in [6, 6.07) is 0. The van der Waals surface area contributed by atoms with Gasteiger partial charge in [0, 0.05) is 26.4 Å². The third-order valence-corrected chi connectivity index (χ3v) is 2.78. The Kier molecular flexibility index (Phi) is 8.25. The predicted molar refractivity (Wildman–Crippen MR) is 74.3 cm³/mol. The number of halogens is 1. The van der Waals surface area contributed by atoms with E-state index in [0.717, 1.165) is 23.9 Å². The van der Waals surface area contributed by atoms with Gasteiger partial charge >= 0.3 is 0 Å². The monoisotopic (exact) mass is 357 g/mol. The van der Waals surface area contributed by atoms with Gasteiger partial charge in [-0.25, -0.2) is 4.68 Å². The molecule has 9 heteroatoms. The molecule has 0 saturated heterocycles. The lowest BCUT2D eigenvalue weighted by atomic mass is 10.5. The van der Waals surface area contributed by atoms with Gasteiger partial charge in [-0.2, -0.15) is 0 Å². The highest BCUT2D eigenvalue weighted by Crippen LogP contribution is 2.12. The third kappa shape index (κ3) is 5.49. The predicted octanol–water partition coefficient (Wildman–Crippen LogP) is 0.0541. The normalized spacial score (nSPS) is 9.38. The summed E-state index contributed by atoms with van der Waals surface area (Å²) in [6.07, 6.45) is 0.960. The number of rotatable bonds is 5. The molecule has 3 N–H and O–H groups in total. The Hall–Kier alpha value is -0.580. The second-order valence-electron chi connectivity index (χ2n) is 2.84. The summed E-state index contributed by atoms with van der Waals surface area (Å²) >= 11 is 1.61. The Morgan fingerprint density at radius 2 is 2.31 bits per heavy atom. The lowest BCUT2D eigenvalue weighted by Gasteiger charge is -2.05. The van der Waals surface area contributed by atoms with Gasteiger partial charge in [0.05, 0.1) is 0 Å². The van der Waals surface area contributed by atoms with E-state index in [-0.39, 0.29) is 24.0 Å². The molecule has 0 aliphatic carbocycles. The molecule has 0 radical (unpaired) electrons. The van der Waals surface area contributed by atoms with Crippen molar-refractivity contribution in [2.24, 2.45) is 7.05 Å². The molecule has 1 aromatic heterocycles. The number of tetrazole rings is 1. The molecule has 0 spiro atoms. The molecular formula is C7H16IN7S. The minimum Gasteiger partial charge on any atom is -0.360 e. The van der Waals surface area contributed by atoms with E-state index in [2.05, 4.69) is 26.2 Å². The fourth-order valence-electron chi connectivity index (χ4n) is 0.881. The molecule has 0 saturated carbocycles. The fraction of sp³-hybridized carbons (Fsp3) is 0.714. The van der Waals surface area contributed by atoms with Crippen molar-refractivity contribution in [2.75, 3.05) is 19.3 Å². The topological polar surface area (TPSA) is 91.5 Å². The average Bonchev–Trinajstić information content (AvgIpc) is 2.63. The van der Waals surface area contributed by atoms with E-state index in [1.807, 2.05) is 7.05 Å². The molecule has 92 valence electrons. The van der Waals surface area contributed by atoms with Crippen molar-refractivity contribution in [1.29, 1.82) is 5.41 Å². The second-order valence-corrected chi connectivity index (χ2v) is 3.90. The summed E-state index contributed by atoms with van der Waals surface area (Å²) in [7, 11) is 3.53. The number of hydrogen-bond donors (Lipinski definition) is 3. The number of thioether (sulfide) groups is 1. The zero-order valence-electron chi connectivity index (χ0n) is 9.23. The van der Waals surface area contributed by atoms with Crippen molar-refractivity contribution in [3.63, 3.8) is 0 Å². The summed E-state index contributed by atoms with van der Waals surface area (Å²) in [6.45, 7) is 0.776. The maximum Gasteiger partial charge on any atom is 0.209 e. The lowest BCUT2D eigenvalue weighted by Crippen LogP contribution is -2.34. The van der Waals surface area contributed by atoms with Gasteiger partial charge < -0.3 is 10.6 Å². The fourth-order valence-corrected chi connectivity index (χ4v) is 1.67. The minimum atomic E-state index is 0. The van der Waals surface area contributed by atoms with E-state index < -0.39 is 0 Å². The number of nitrogens with zero attached hydrogens (tertiary/aromatic N) is 4. The first-order valence-electron chi connectivity index (χ1n) is 4.59. The van der Waals surface area contributed by atoms with Crippen molar-refractivity contribution in [1.82, 2.24) is 30.8 Å². The molecular weight excluding hydrogens is 341 g/mol. The van der Waals surface area contributed by atoms with E-state index in [1.165, 1.54) is 0 Å². The lowest BCUT2D eigenvalue weighted by molar-refractivity contribution is 0.664. The average molecular weight is 357 g/mol. The molecule has 0 aliphatic heterocycles. The van der Waals surface area contributed by atoms with Crippen molar-refractivity contribution in [3.05, 3.63) is 0 Å². The van der Waals surface area contributed by atoms with Crippen LogP contribution in [0.4, 0.5) is 0 Å². The van der Waals surface area contributed by atoms with Gasteiger partial charge in [-0.1, -0.05) is 11.8 Å². The Morgan fingerprint density at radius 1 is 1.56 bits per heavy atom. The number of guanidine groups is 1. The number of aryl methyl sites for hydroxylation is 1. The second kappa shape index (κ2) is 8.56. The minimum absolute atomic E-state index is 0. The van der Waals surface area contributed by atoms with Gasteiger partial charge in [-0.05, 0) is 16.8 Å². The van der Waals surface area contributed by atoms with Crippen LogP contribution in [-0.4, -0.2) is 45.5 Å². The van der Waals surface area contributed by atoms with Gasteiger partial charge in [0.1, 0.15) is 0 Å². The molecule has 0 amide bonds. The molecule has 0 atom stereocenters. The van der Waals surface area contributed by atoms with Crippen LogP contribution in [0.2, 0.25) is 0 Å². The molecule has 1 aromatic rings. The van der Waals surface area contributed by atoms with Crippen LogP contribution in [-0.2, 0) is 7.05 Å². The molecule has 0 unspecified atom stereocenters. The van der Waals surface area contributed by atoms with Crippen molar-refractivity contribution in [3.8, 4) is 0 Å². The molecule has 16 heavy (non-hydrogen) atoms. The van der Waals surface area contributed by atoms with Crippen molar-refractivity contribution >= 4 is 41.7 Å². The van der Waals surface area contributed by atoms with Gasteiger partial charge in [-0.15, -0.1) is 29.1 Å². The Morgan fingerprint density at radius 3 is 2.88 bits per heavy atom. The summed E-state index contributed by atoms with van der Waals surface area (Å²) in [5.41, 5.74) is 0. The maximum absolute atomic E-state index is 7.28. The van der Waals surface area contributed by atoms with E-state index in [0.29, 0.717) is 5.96 Å². The first-order valence-corrected chi connectivity index (χ1v) is 5.58. The van der Waals surface area contributed by atoms with Gasteiger partial charge in [0.25, 0.3) is 0 Å². The Balaban J connectivity index is 0.00000225. The summed E-state index contributed by atoms with van der Waals surface area (Å²) in [5, 5.41) is 24.9. The quantitative estimate of drug-likeness (QED) is 0.227. The first kappa shape index (κ1) is 15.4. The molecule has 1 heterocycles. The van der Waals surface area contributed by atoms with Gasteiger partial charge in [0.15, 0.2) is 5.96 Å². The van der Waals surface area contributed by atoms with Gasteiger partial charge in [-0.3, -0.25) is 5.41 Å². The summed E-state index contributed by atoms with van der Waals surface area (Å²) in [5.74, 6) is 1.28. The van der Waals surface area contributed by atoms with E-state index in [1.54, 1.807) is 23.5 Å². The summed E-state index contributed by atoms with van der Waals surface area (Å²) in [4.78, 5) is 0. The van der Waals surface area contributed by atoms with Crippen LogP contribution in [0.15, 0.2) is 5.16 Å². The van der Waals surface area contributed by atoms with E-state index >= 15 is 0 Å². The third-order valence-electron chi connectivity index (χ3n) is 1.69. The van der Waals surface area contributed by atoms with Crippen molar-refractivity contribution in [2.45, 2.75) is 11.6 Å². The number of hydrogen-bond acceptors (Lipinski definition) is 5. The van der Waals surface area contributed by atoms with Crippen LogP contribution in [0.5, 0.6) is 0 Å². The first-order chi connectivity index (χ1) is 7.24. The number of aromatic nitrogens is 4. The SMILES string of the molecule is CNC(=N)NCCCSc1nnnn1C.I. The molecule has 0 fully saturated rings. The zero-order chi connectivity index (χ0) is 11.1. The number of nitrogens with one attached hydrogen (secondary N) is 3.